The normalized spacial score (nSPS) is 11.2. The summed E-state index contributed by atoms with van der Waals surface area (Å²) in [5, 5.41) is 17.1. The van der Waals surface area contributed by atoms with Crippen LogP contribution in [0, 0.1) is 20.8 Å². The first-order valence-corrected chi connectivity index (χ1v) is 10.8. The second kappa shape index (κ2) is 8.97. The second-order valence-corrected chi connectivity index (χ2v) is 8.55. The molecule has 4 aromatic rings. The van der Waals surface area contributed by atoms with Gasteiger partial charge in [0.1, 0.15) is 5.76 Å². The SMILES string of the molecule is Cc1nn(Cc2c(C(=O)Nc3cnn(Cc4ccc(Cl)cc4Cl)c3)noc2C)c(C)c1Cl. The van der Waals surface area contributed by atoms with Crippen LogP contribution in [0.3, 0.4) is 0 Å². The molecule has 166 valence electrons. The Kier molecular flexibility index (Phi) is 6.28. The van der Waals surface area contributed by atoms with Crippen molar-refractivity contribution in [3.63, 3.8) is 0 Å². The third kappa shape index (κ3) is 4.53. The minimum atomic E-state index is -0.409. The van der Waals surface area contributed by atoms with Gasteiger partial charge in [-0.25, -0.2) is 0 Å². The van der Waals surface area contributed by atoms with Crippen molar-refractivity contribution in [2.75, 3.05) is 5.32 Å². The highest BCUT2D eigenvalue weighted by molar-refractivity contribution is 6.35. The number of hydrogen-bond acceptors (Lipinski definition) is 5. The third-order valence-electron chi connectivity index (χ3n) is 5.04. The molecule has 0 fully saturated rings. The molecule has 0 aliphatic rings. The first kappa shape index (κ1) is 22.4. The van der Waals surface area contributed by atoms with E-state index in [9.17, 15) is 4.79 Å². The summed E-state index contributed by atoms with van der Waals surface area (Å²) < 4.78 is 8.67. The number of carbonyl (C=O) groups excluding carboxylic acids is 1. The van der Waals surface area contributed by atoms with Crippen molar-refractivity contribution in [3.8, 4) is 0 Å². The van der Waals surface area contributed by atoms with E-state index in [0.717, 1.165) is 17.0 Å². The number of aromatic nitrogens is 5. The molecule has 1 N–H and O–H groups in total. The van der Waals surface area contributed by atoms with E-state index in [0.29, 0.717) is 45.2 Å². The van der Waals surface area contributed by atoms with Crippen molar-refractivity contribution >= 4 is 46.4 Å². The van der Waals surface area contributed by atoms with Gasteiger partial charge in [0.2, 0.25) is 0 Å². The molecule has 0 aliphatic carbocycles. The summed E-state index contributed by atoms with van der Waals surface area (Å²) in [5.74, 6) is 0.125. The van der Waals surface area contributed by atoms with E-state index in [1.165, 1.54) is 0 Å². The first-order valence-electron chi connectivity index (χ1n) is 9.65. The van der Waals surface area contributed by atoms with Crippen LogP contribution in [0.25, 0.3) is 0 Å². The zero-order valence-electron chi connectivity index (χ0n) is 17.5. The van der Waals surface area contributed by atoms with E-state index in [2.05, 4.69) is 20.7 Å². The zero-order valence-corrected chi connectivity index (χ0v) is 19.8. The molecule has 0 saturated carbocycles. The maximum Gasteiger partial charge on any atom is 0.278 e. The lowest BCUT2D eigenvalue weighted by Crippen LogP contribution is -2.16. The monoisotopic (exact) mass is 492 g/mol. The molecule has 0 saturated heterocycles. The largest absolute Gasteiger partial charge is 0.361 e. The van der Waals surface area contributed by atoms with Gasteiger partial charge in [-0.05, 0) is 38.5 Å². The molecule has 0 atom stereocenters. The van der Waals surface area contributed by atoms with Crippen LogP contribution in [0.4, 0.5) is 5.69 Å². The fraction of sp³-hybridized carbons (Fsp3) is 0.238. The number of nitrogens with one attached hydrogen (secondary N) is 1. The van der Waals surface area contributed by atoms with Crippen molar-refractivity contribution < 1.29 is 9.32 Å². The Bertz CT molecular complexity index is 1310. The van der Waals surface area contributed by atoms with Crippen molar-refractivity contribution in [2.45, 2.75) is 33.9 Å². The van der Waals surface area contributed by atoms with Crippen LogP contribution < -0.4 is 5.32 Å². The quantitative estimate of drug-likeness (QED) is 0.393. The Balaban J connectivity index is 1.50. The third-order valence-corrected chi connectivity index (χ3v) is 6.17. The van der Waals surface area contributed by atoms with Crippen molar-refractivity contribution in [1.29, 1.82) is 0 Å². The molecule has 1 aromatic carbocycles. The summed E-state index contributed by atoms with van der Waals surface area (Å²) in [6, 6.07) is 5.27. The minimum Gasteiger partial charge on any atom is -0.361 e. The van der Waals surface area contributed by atoms with E-state index in [4.69, 9.17) is 39.3 Å². The summed E-state index contributed by atoms with van der Waals surface area (Å²) in [6.45, 7) is 6.19. The lowest BCUT2D eigenvalue weighted by atomic mass is 10.2. The van der Waals surface area contributed by atoms with E-state index >= 15 is 0 Å². The van der Waals surface area contributed by atoms with Crippen LogP contribution >= 0.6 is 34.8 Å². The van der Waals surface area contributed by atoms with Crippen LogP contribution in [0.2, 0.25) is 15.1 Å². The van der Waals surface area contributed by atoms with Gasteiger partial charge in [-0.3, -0.25) is 14.2 Å². The van der Waals surface area contributed by atoms with Crippen LogP contribution in [0.5, 0.6) is 0 Å². The van der Waals surface area contributed by atoms with Gasteiger partial charge in [-0.15, -0.1) is 0 Å². The predicted molar refractivity (Wildman–Crippen MR) is 123 cm³/mol. The highest BCUT2D eigenvalue weighted by Gasteiger charge is 2.22. The summed E-state index contributed by atoms with van der Waals surface area (Å²) in [4.78, 5) is 12.9. The number of rotatable bonds is 6. The fourth-order valence-corrected chi connectivity index (χ4v) is 3.87. The van der Waals surface area contributed by atoms with E-state index in [1.807, 2.05) is 19.9 Å². The molecule has 0 aliphatic heterocycles. The van der Waals surface area contributed by atoms with Crippen molar-refractivity contribution in [3.05, 3.63) is 79.6 Å². The van der Waals surface area contributed by atoms with E-state index in [1.54, 1.807) is 40.8 Å². The average molecular weight is 494 g/mol. The van der Waals surface area contributed by atoms with Gasteiger partial charge in [0, 0.05) is 21.8 Å². The molecule has 11 heteroatoms. The van der Waals surface area contributed by atoms with Crippen LogP contribution in [-0.2, 0) is 13.1 Å². The smallest absolute Gasteiger partial charge is 0.278 e. The molecule has 1 amide bonds. The number of nitrogens with zero attached hydrogens (tertiary/aromatic N) is 5. The molecule has 0 spiro atoms. The molecular formula is C21H19Cl3N6O2. The number of aryl methyl sites for hydroxylation is 2. The topological polar surface area (TPSA) is 90.8 Å². The molecule has 4 rings (SSSR count). The minimum absolute atomic E-state index is 0.180. The van der Waals surface area contributed by atoms with Crippen molar-refractivity contribution in [1.82, 2.24) is 24.7 Å². The molecule has 3 heterocycles. The summed E-state index contributed by atoms with van der Waals surface area (Å²) in [6.07, 6.45) is 3.26. The molecule has 0 unspecified atom stereocenters. The molecular weight excluding hydrogens is 475 g/mol. The first-order chi connectivity index (χ1) is 15.2. The van der Waals surface area contributed by atoms with E-state index < -0.39 is 5.91 Å². The van der Waals surface area contributed by atoms with Gasteiger partial charge in [0.25, 0.3) is 5.91 Å². The lowest BCUT2D eigenvalue weighted by molar-refractivity contribution is 0.101. The maximum absolute atomic E-state index is 12.9. The van der Waals surface area contributed by atoms with Gasteiger partial charge in [0.15, 0.2) is 5.69 Å². The highest BCUT2D eigenvalue weighted by Crippen LogP contribution is 2.24. The number of amides is 1. The van der Waals surface area contributed by atoms with Crippen LogP contribution in [0.15, 0.2) is 35.1 Å². The Labute approximate surface area is 199 Å². The lowest BCUT2D eigenvalue weighted by Gasteiger charge is -2.06. The van der Waals surface area contributed by atoms with Gasteiger partial charge in [0.05, 0.1) is 41.4 Å². The van der Waals surface area contributed by atoms with Gasteiger partial charge in [-0.1, -0.05) is 46.0 Å². The molecule has 0 bridgehead atoms. The van der Waals surface area contributed by atoms with Gasteiger partial charge < -0.3 is 9.84 Å². The predicted octanol–water partition coefficient (Wildman–Crippen LogP) is 5.30. The molecule has 32 heavy (non-hydrogen) atoms. The summed E-state index contributed by atoms with van der Waals surface area (Å²) >= 11 is 18.4. The van der Waals surface area contributed by atoms with Crippen LogP contribution in [-0.4, -0.2) is 30.6 Å². The Morgan fingerprint density at radius 2 is 1.94 bits per heavy atom. The second-order valence-electron chi connectivity index (χ2n) is 7.32. The summed E-state index contributed by atoms with van der Waals surface area (Å²) in [5.41, 5.74) is 3.70. The number of hydrogen-bond donors (Lipinski definition) is 1. The number of halogens is 3. The van der Waals surface area contributed by atoms with Gasteiger partial charge >= 0.3 is 0 Å². The number of carbonyl (C=O) groups is 1. The van der Waals surface area contributed by atoms with E-state index in [-0.39, 0.29) is 5.69 Å². The van der Waals surface area contributed by atoms with Crippen LogP contribution in [0.1, 0.15) is 38.8 Å². The Morgan fingerprint density at radius 3 is 2.62 bits per heavy atom. The van der Waals surface area contributed by atoms with Crippen molar-refractivity contribution in [2.24, 2.45) is 0 Å². The molecule has 3 aromatic heterocycles. The summed E-state index contributed by atoms with van der Waals surface area (Å²) in [7, 11) is 0. The number of anilines is 1. The zero-order chi connectivity index (χ0) is 23.0. The average Bonchev–Trinajstić information content (AvgIpc) is 3.40. The standard InChI is InChI=1S/C21H19Cl3N6O2/c1-11-19(24)12(2)30(27-11)10-17-13(3)32-28-20(17)21(31)26-16-7-25-29(9-16)8-14-4-5-15(22)6-18(14)23/h4-7,9H,8,10H2,1-3H3,(H,26,31). The highest BCUT2D eigenvalue weighted by atomic mass is 35.5. The Morgan fingerprint density at radius 1 is 1.16 bits per heavy atom. The Hall–Kier alpha value is -2.81. The fourth-order valence-electron chi connectivity index (χ4n) is 3.26. The molecule has 8 nitrogen and oxygen atoms in total. The number of benzene rings is 1. The molecule has 0 radical (unpaired) electrons. The van der Waals surface area contributed by atoms with Gasteiger partial charge in [-0.2, -0.15) is 10.2 Å². The maximum atomic E-state index is 12.9.